The molecule has 10 heteroatoms. The maximum Gasteiger partial charge on any atom is 0.410 e. The highest BCUT2D eigenvalue weighted by Gasteiger charge is 2.31. The van der Waals surface area contributed by atoms with Crippen LogP contribution >= 0.6 is 0 Å². The second kappa shape index (κ2) is 14.6. The van der Waals surface area contributed by atoms with Crippen LogP contribution in [0, 0.1) is 0 Å². The number of nitrogens with one attached hydrogen (secondary N) is 2. The molecule has 1 aromatic carbocycles. The van der Waals surface area contributed by atoms with Gasteiger partial charge in [0, 0.05) is 49.0 Å². The molecule has 0 radical (unpaired) electrons. The van der Waals surface area contributed by atoms with Crippen LogP contribution in [0.15, 0.2) is 49.1 Å². The van der Waals surface area contributed by atoms with E-state index in [0.717, 1.165) is 57.2 Å². The van der Waals surface area contributed by atoms with Gasteiger partial charge in [-0.05, 0) is 69.3 Å². The largest absolute Gasteiger partial charge is 0.453 e. The SMILES string of the molecule is CCCN(CCC)[C@H]1CC[C@H](N(Cc2ccc(C(=O)N(Cc3ncc[nH]3)Cc3ncc[nH]3)cc2)C(=O)OC)CC1. The summed E-state index contributed by atoms with van der Waals surface area (Å²) in [6, 6.07) is 8.25. The molecule has 0 aliphatic heterocycles. The van der Waals surface area contributed by atoms with Crippen molar-refractivity contribution < 1.29 is 14.3 Å². The molecule has 0 bridgehead atoms. The van der Waals surface area contributed by atoms with Crippen LogP contribution in [-0.2, 0) is 24.4 Å². The highest BCUT2D eigenvalue weighted by molar-refractivity contribution is 5.94. The van der Waals surface area contributed by atoms with Crippen LogP contribution in [0.5, 0.6) is 0 Å². The minimum Gasteiger partial charge on any atom is -0.453 e. The lowest BCUT2D eigenvalue weighted by Crippen LogP contribution is -2.46. The highest BCUT2D eigenvalue weighted by Crippen LogP contribution is 2.28. The Hall–Kier alpha value is -3.66. The molecule has 0 spiro atoms. The Morgan fingerprint density at radius 1 is 0.850 bits per heavy atom. The first-order valence-electron chi connectivity index (χ1n) is 14.5. The van der Waals surface area contributed by atoms with Crippen molar-refractivity contribution in [1.29, 1.82) is 0 Å². The number of ether oxygens (including phenoxy) is 1. The normalized spacial score (nSPS) is 17.1. The number of nitrogens with zero attached hydrogens (tertiary/aromatic N) is 5. The first kappa shape index (κ1) is 29.3. The van der Waals surface area contributed by atoms with Crippen LogP contribution in [0.25, 0.3) is 0 Å². The van der Waals surface area contributed by atoms with Gasteiger partial charge in [0.1, 0.15) is 11.6 Å². The van der Waals surface area contributed by atoms with Crippen LogP contribution in [0.1, 0.15) is 79.9 Å². The molecule has 1 aliphatic carbocycles. The Kier molecular flexibility index (Phi) is 10.7. The maximum absolute atomic E-state index is 13.5. The average Bonchev–Trinajstić information content (AvgIpc) is 3.70. The Balaban J connectivity index is 1.41. The number of aromatic nitrogens is 4. The first-order chi connectivity index (χ1) is 19.5. The Bertz CT molecular complexity index is 1110. The van der Waals surface area contributed by atoms with E-state index in [2.05, 4.69) is 38.7 Å². The summed E-state index contributed by atoms with van der Waals surface area (Å²) in [5.74, 6) is 1.28. The van der Waals surface area contributed by atoms with Crippen LogP contribution in [0.2, 0.25) is 0 Å². The molecule has 1 fully saturated rings. The van der Waals surface area contributed by atoms with Crippen LogP contribution in [0.3, 0.4) is 0 Å². The van der Waals surface area contributed by atoms with Gasteiger partial charge in [-0.2, -0.15) is 0 Å². The number of rotatable bonds is 13. The summed E-state index contributed by atoms with van der Waals surface area (Å²) in [4.78, 5) is 47.1. The van der Waals surface area contributed by atoms with Crippen molar-refractivity contribution in [2.24, 2.45) is 0 Å². The molecular formula is C30H43N7O3. The van der Waals surface area contributed by atoms with E-state index >= 15 is 0 Å². The molecule has 216 valence electrons. The first-order valence-corrected chi connectivity index (χ1v) is 14.5. The van der Waals surface area contributed by atoms with E-state index in [-0.39, 0.29) is 18.0 Å². The molecule has 0 atom stereocenters. The number of hydrogen-bond donors (Lipinski definition) is 2. The molecule has 2 aromatic heterocycles. The number of amides is 2. The fourth-order valence-corrected chi connectivity index (χ4v) is 5.71. The van der Waals surface area contributed by atoms with Crippen molar-refractivity contribution in [2.45, 2.75) is 84.1 Å². The van der Waals surface area contributed by atoms with Gasteiger partial charge in [-0.25, -0.2) is 14.8 Å². The molecule has 2 heterocycles. The summed E-state index contributed by atoms with van der Waals surface area (Å²) in [6.07, 6.45) is 13.0. The number of carbonyl (C=O) groups is 2. The smallest absolute Gasteiger partial charge is 0.410 e. The Morgan fingerprint density at radius 2 is 1.40 bits per heavy atom. The second-order valence-corrected chi connectivity index (χ2v) is 10.5. The van der Waals surface area contributed by atoms with Gasteiger partial charge in [0.15, 0.2) is 0 Å². The quantitative estimate of drug-likeness (QED) is 0.311. The number of imidazole rings is 2. The Morgan fingerprint density at radius 3 is 1.88 bits per heavy atom. The fourth-order valence-electron chi connectivity index (χ4n) is 5.71. The summed E-state index contributed by atoms with van der Waals surface area (Å²) in [5, 5.41) is 0. The zero-order chi connectivity index (χ0) is 28.3. The lowest BCUT2D eigenvalue weighted by atomic mass is 9.88. The number of aromatic amines is 2. The van der Waals surface area contributed by atoms with E-state index in [0.29, 0.717) is 42.9 Å². The van der Waals surface area contributed by atoms with Gasteiger partial charge < -0.3 is 29.4 Å². The topological polar surface area (TPSA) is 110 Å². The third-order valence-electron chi connectivity index (χ3n) is 7.69. The monoisotopic (exact) mass is 549 g/mol. The predicted octanol–water partition coefficient (Wildman–Crippen LogP) is 4.98. The molecule has 0 unspecified atom stereocenters. The van der Waals surface area contributed by atoms with Crippen molar-refractivity contribution in [1.82, 2.24) is 34.6 Å². The predicted molar refractivity (Wildman–Crippen MR) is 153 cm³/mol. The fraction of sp³-hybridized carbons (Fsp3) is 0.533. The van der Waals surface area contributed by atoms with E-state index in [1.165, 1.54) is 7.11 Å². The molecule has 2 N–H and O–H groups in total. The van der Waals surface area contributed by atoms with Gasteiger partial charge in [0.25, 0.3) is 5.91 Å². The zero-order valence-corrected chi connectivity index (χ0v) is 24.0. The van der Waals surface area contributed by atoms with E-state index in [9.17, 15) is 9.59 Å². The molecule has 4 rings (SSSR count). The van der Waals surface area contributed by atoms with Crippen molar-refractivity contribution in [3.8, 4) is 0 Å². The standard InChI is InChI=1S/C30H43N7O3/c1-4-18-35(19-5-2)25-10-12-26(13-11-25)37(30(39)40-3)20-23-6-8-24(9-7-23)29(38)36(21-27-31-14-15-32-27)22-28-33-16-17-34-28/h6-9,14-17,25-26H,4-5,10-13,18-22H2,1-3H3,(H,31,32)(H,33,34)/t25-,26-. The molecule has 40 heavy (non-hydrogen) atoms. The number of benzene rings is 1. The summed E-state index contributed by atoms with van der Waals surface area (Å²) < 4.78 is 5.18. The van der Waals surface area contributed by atoms with Crippen molar-refractivity contribution in [3.63, 3.8) is 0 Å². The summed E-state index contributed by atoms with van der Waals surface area (Å²) in [5.41, 5.74) is 1.53. The molecule has 2 amide bonds. The molecule has 10 nitrogen and oxygen atoms in total. The van der Waals surface area contributed by atoms with Crippen molar-refractivity contribution in [2.75, 3.05) is 20.2 Å². The molecule has 1 saturated carbocycles. The summed E-state index contributed by atoms with van der Waals surface area (Å²) in [7, 11) is 1.44. The van der Waals surface area contributed by atoms with Crippen LogP contribution < -0.4 is 0 Å². The maximum atomic E-state index is 13.5. The van der Waals surface area contributed by atoms with Gasteiger partial charge in [0.2, 0.25) is 0 Å². The van der Waals surface area contributed by atoms with Gasteiger partial charge in [-0.15, -0.1) is 0 Å². The van der Waals surface area contributed by atoms with Crippen molar-refractivity contribution >= 4 is 12.0 Å². The minimum absolute atomic E-state index is 0.119. The van der Waals surface area contributed by atoms with Gasteiger partial charge in [0.05, 0.1) is 20.2 Å². The molecule has 0 saturated heterocycles. The third-order valence-corrected chi connectivity index (χ3v) is 7.69. The number of carbonyl (C=O) groups excluding carboxylic acids is 2. The number of H-pyrrole nitrogens is 2. The summed E-state index contributed by atoms with van der Waals surface area (Å²) >= 11 is 0. The Labute approximate surface area is 237 Å². The highest BCUT2D eigenvalue weighted by atomic mass is 16.5. The number of hydrogen-bond acceptors (Lipinski definition) is 6. The molecular weight excluding hydrogens is 506 g/mol. The summed E-state index contributed by atoms with van der Waals surface area (Å²) in [6.45, 7) is 7.86. The van der Waals surface area contributed by atoms with Gasteiger partial charge in [-0.1, -0.05) is 26.0 Å². The van der Waals surface area contributed by atoms with Crippen LogP contribution in [0.4, 0.5) is 4.79 Å². The van der Waals surface area contributed by atoms with E-state index < -0.39 is 0 Å². The zero-order valence-electron chi connectivity index (χ0n) is 24.0. The molecule has 1 aliphatic rings. The lowest BCUT2D eigenvalue weighted by Gasteiger charge is -2.40. The van der Waals surface area contributed by atoms with Gasteiger partial charge >= 0.3 is 6.09 Å². The van der Waals surface area contributed by atoms with E-state index in [1.54, 1.807) is 29.7 Å². The van der Waals surface area contributed by atoms with E-state index in [4.69, 9.17) is 4.74 Å². The number of methoxy groups -OCH3 is 1. The third kappa shape index (κ3) is 7.71. The van der Waals surface area contributed by atoms with Gasteiger partial charge in [-0.3, -0.25) is 4.79 Å². The minimum atomic E-state index is -0.300. The van der Waals surface area contributed by atoms with Crippen molar-refractivity contribution in [3.05, 3.63) is 71.8 Å². The second-order valence-electron chi connectivity index (χ2n) is 10.5. The molecule has 3 aromatic rings. The van der Waals surface area contributed by atoms with E-state index in [1.807, 2.05) is 29.2 Å². The lowest BCUT2D eigenvalue weighted by molar-refractivity contribution is 0.0698. The average molecular weight is 550 g/mol. The van der Waals surface area contributed by atoms with Crippen LogP contribution in [-0.4, -0.2) is 78.9 Å².